The SMILES string of the molecule is Cn1ccnc1SC[C@]1(O)CC[C@@H]2[C@@H]3CC=C4C[C@@H](O)CC[C@]4(C)[C@H]3CC[C@]21C. The fourth-order valence-electron chi connectivity index (χ4n) is 7.66. The Bertz CT molecular complexity index is 822. The van der Waals surface area contributed by atoms with Crippen molar-refractivity contribution in [2.75, 3.05) is 5.75 Å². The number of allylic oxidation sites excluding steroid dienone is 1. The third kappa shape index (κ3) is 2.90. The van der Waals surface area contributed by atoms with Gasteiger partial charge in [-0.2, -0.15) is 0 Å². The lowest BCUT2D eigenvalue weighted by Gasteiger charge is -2.59. The maximum absolute atomic E-state index is 11.9. The Labute approximate surface area is 179 Å². The Hall–Kier alpha value is -0.780. The minimum absolute atomic E-state index is 0.00220. The zero-order valence-corrected chi connectivity index (χ0v) is 18.9. The lowest BCUT2D eigenvalue weighted by atomic mass is 9.47. The van der Waals surface area contributed by atoms with Crippen molar-refractivity contribution in [2.45, 2.75) is 82.1 Å². The summed E-state index contributed by atoms with van der Waals surface area (Å²) in [5, 5.41) is 23.0. The summed E-state index contributed by atoms with van der Waals surface area (Å²) in [5.41, 5.74) is 1.20. The van der Waals surface area contributed by atoms with E-state index in [2.05, 4.69) is 24.9 Å². The van der Waals surface area contributed by atoms with E-state index in [4.69, 9.17) is 0 Å². The van der Waals surface area contributed by atoms with Crippen LogP contribution in [0, 0.1) is 28.6 Å². The van der Waals surface area contributed by atoms with Crippen LogP contribution in [0.4, 0.5) is 0 Å². The average molecular weight is 417 g/mol. The second kappa shape index (κ2) is 6.86. The van der Waals surface area contributed by atoms with Crippen LogP contribution in [-0.2, 0) is 7.05 Å². The molecular formula is C24H36N2O2S. The number of rotatable bonds is 3. The molecule has 0 saturated heterocycles. The number of aryl methyl sites for hydroxylation is 1. The first-order valence-electron chi connectivity index (χ1n) is 11.5. The van der Waals surface area contributed by atoms with E-state index in [9.17, 15) is 10.2 Å². The molecule has 4 aliphatic carbocycles. The van der Waals surface area contributed by atoms with Gasteiger partial charge in [0.1, 0.15) is 0 Å². The average Bonchev–Trinajstić information content (AvgIpc) is 3.22. The number of hydrogen-bond donors (Lipinski definition) is 2. The van der Waals surface area contributed by atoms with Gasteiger partial charge in [0.15, 0.2) is 5.16 Å². The Kier molecular flexibility index (Phi) is 4.77. The van der Waals surface area contributed by atoms with Crippen LogP contribution >= 0.6 is 11.8 Å². The number of nitrogens with zero attached hydrogens (tertiary/aromatic N) is 2. The fraction of sp³-hybridized carbons (Fsp3) is 0.792. The molecule has 0 radical (unpaired) electrons. The van der Waals surface area contributed by atoms with Gasteiger partial charge in [0.2, 0.25) is 0 Å². The number of fused-ring (bicyclic) bond motifs is 5. The highest BCUT2D eigenvalue weighted by molar-refractivity contribution is 7.99. The minimum atomic E-state index is -0.604. The van der Waals surface area contributed by atoms with Gasteiger partial charge in [-0.3, -0.25) is 0 Å². The van der Waals surface area contributed by atoms with Gasteiger partial charge in [-0.15, -0.1) is 0 Å². The monoisotopic (exact) mass is 416 g/mol. The van der Waals surface area contributed by atoms with Crippen LogP contribution in [0.25, 0.3) is 0 Å². The third-order valence-electron chi connectivity index (χ3n) is 9.62. The fourth-order valence-corrected chi connectivity index (χ4v) is 8.91. The van der Waals surface area contributed by atoms with Gasteiger partial charge in [-0.1, -0.05) is 37.3 Å². The molecule has 3 saturated carbocycles. The molecule has 2 N–H and O–H groups in total. The van der Waals surface area contributed by atoms with Crippen molar-refractivity contribution < 1.29 is 10.2 Å². The number of aliphatic hydroxyl groups is 2. The van der Waals surface area contributed by atoms with E-state index < -0.39 is 5.60 Å². The summed E-state index contributed by atoms with van der Waals surface area (Å²) >= 11 is 1.71. The first kappa shape index (κ1) is 20.1. The third-order valence-corrected chi connectivity index (χ3v) is 10.9. The predicted octanol–water partition coefficient (Wildman–Crippen LogP) is 4.57. The zero-order chi connectivity index (χ0) is 20.4. The summed E-state index contributed by atoms with van der Waals surface area (Å²) in [4.78, 5) is 4.45. The van der Waals surface area contributed by atoms with E-state index in [1.165, 1.54) is 12.0 Å². The second-order valence-electron chi connectivity index (χ2n) is 10.8. The number of hydrogen-bond acceptors (Lipinski definition) is 4. The van der Waals surface area contributed by atoms with E-state index in [-0.39, 0.29) is 16.9 Å². The van der Waals surface area contributed by atoms with Crippen LogP contribution in [-0.4, -0.2) is 37.2 Å². The molecule has 1 aromatic rings. The Morgan fingerprint density at radius 1 is 1.17 bits per heavy atom. The van der Waals surface area contributed by atoms with Gasteiger partial charge >= 0.3 is 0 Å². The first-order chi connectivity index (χ1) is 13.8. The molecule has 0 aromatic carbocycles. The number of aromatic nitrogens is 2. The number of imidazole rings is 1. The summed E-state index contributed by atoms with van der Waals surface area (Å²) in [6, 6.07) is 0. The molecule has 3 fully saturated rings. The summed E-state index contributed by atoms with van der Waals surface area (Å²) in [7, 11) is 2.03. The molecule has 0 bridgehead atoms. The largest absolute Gasteiger partial charge is 0.393 e. The van der Waals surface area contributed by atoms with Gasteiger partial charge in [-0.25, -0.2) is 4.98 Å². The summed E-state index contributed by atoms with van der Waals surface area (Å²) in [6.45, 7) is 4.86. The molecule has 29 heavy (non-hydrogen) atoms. The molecule has 4 aliphatic rings. The number of aliphatic hydroxyl groups excluding tert-OH is 1. The normalized spacial score (nSPS) is 46.6. The van der Waals surface area contributed by atoms with Crippen molar-refractivity contribution in [3.8, 4) is 0 Å². The molecule has 0 spiro atoms. The van der Waals surface area contributed by atoms with E-state index in [1.807, 2.05) is 24.0 Å². The quantitative estimate of drug-likeness (QED) is 0.560. The lowest BCUT2D eigenvalue weighted by molar-refractivity contribution is -0.113. The van der Waals surface area contributed by atoms with Crippen molar-refractivity contribution in [1.29, 1.82) is 0 Å². The van der Waals surface area contributed by atoms with Crippen LogP contribution in [0.2, 0.25) is 0 Å². The molecule has 1 aromatic heterocycles. The molecule has 0 unspecified atom stereocenters. The second-order valence-corrected chi connectivity index (χ2v) is 11.7. The summed E-state index contributed by atoms with van der Waals surface area (Å²) < 4.78 is 2.05. The highest BCUT2D eigenvalue weighted by Gasteiger charge is 2.63. The van der Waals surface area contributed by atoms with Crippen molar-refractivity contribution in [2.24, 2.45) is 35.6 Å². The molecule has 4 nitrogen and oxygen atoms in total. The van der Waals surface area contributed by atoms with Gasteiger partial charge in [0.25, 0.3) is 0 Å². The van der Waals surface area contributed by atoms with Crippen molar-refractivity contribution >= 4 is 11.8 Å². The maximum atomic E-state index is 11.9. The van der Waals surface area contributed by atoms with E-state index in [0.717, 1.165) is 61.8 Å². The molecule has 5 rings (SSSR count). The molecule has 5 heteroatoms. The maximum Gasteiger partial charge on any atom is 0.167 e. The van der Waals surface area contributed by atoms with Crippen LogP contribution in [0.3, 0.4) is 0 Å². The van der Waals surface area contributed by atoms with Crippen LogP contribution in [0.15, 0.2) is 29.2 Å². The van der Waals surface area contributed by atoms with Crippen molar-refractivity contribution in [1.82, 2.24) is 9.55 Å². The highest BCUT2D eigenvalue weighted by Crippen LogP contribution is 2.67. The number of thioether (sulfide) groups is 1. The molecular weight excluding hydrogens is 380 g/mol. The van der Waals surface area contributed by atoms with Crippen LogP contribution < -0.4 is 0 Å². The highest BCUT2D eigenvalue weighted by atomic mass is 32.2. The van der Waals surface area contributed by atoms with Crippen molar-refractivity contribution in [3.05, 3.63) is 24.0 Å². The van der Waals surface area contributed by atoms with E-state index >= 15 is 0 Å². The molecule has 160 valence electrons. The standard InChI is InChI=1S/C24H36N2O2S/c1-22-9-6-17(27)14-16(22)4-5-18-19(22)7-10-23(2)20(18)8-11-24(23,28)15-29-21-25-12-13-26(21)3/h4,12-13,17-20,27-28H,5-11,14-15H2,1-3H3/t17-,18+,19-,20+,22-,23+,24+/m0/s1. The zero-order valence-electron chi connectivity index (χ0n) is 18.1. The molecule has 1 heterocycles. The van der Waals surface area contributed by atoms with Crippen molar-refractivity contribution in [3.63, 3.8) is 0 Å². The topological polar surface area (TPSA) is 58.3 Å². The molecule has 7 atom stereocenters. The van der Waals surface area contributed by atoms with E-state index in [0.29, 0.717) is 11.8 Å². The van der Waals surface area contributed by atoms with Gasteiger partial charge in [0.05, 0.1) is 11.7 Å². The predicted molar refractivity (Wildman–Crippen MR) is 117 cm³/mol. The van der Waals surface area contributed by atoms with Crippen LogP contribution in [0.1, 0.15) is 65.2 Å². The Morgan fingerprint density at radius 2 is 1.97 bits per heavy atom. The Morgan fingerprint density at radius 3 is 2.72 bits per heavy atom. The molecule has 0 aliphatic heterocycles. The van der Waals surface area contributed by atoms with Gasteiger partial charge < -0.3 is 14.8 Å². The van der Waals surface area contributed by atoms with Crippen LogP contribution in [0.5, 0.6) is 0 Å². The summed E-state index contributed by atoms with van der Waals surface area (Å²) in [6.07, 6.45) is 14.7. The van der Waals surface area contributed by atoms with Gasteiger partial charge in [-0.05, 0) is 74.5 Å². The minimum Gasteiger partial charge on any atom is -0.393 e. The molecule has 0 amide bonds. The van der Waals surface area contributed by atoms with E-state index in [1.54, 1.807) is 11.8 Å². The lowest BCUT2D eigenvalue weighted by Crippen LogP contribution is -2.55. The first-order valence-corrected chi connectivity index (χ1v) is 12.5. The van der Waals surface area contributed by atoms with Gasteiger partial charge in [0, 0.05) is 30.6 Å². The summed E-state index contributed by atoms with van der Waals surface area (Å²) in [5.74, 6) is 2.75. The Balaban J connectivity index is 1.39. The smallest absolute Gasteiger partial charge is 0.167 e.